The van der Waals surface area contributed by atoms with Gasteiger partial charge in [0.25, 0.3) is 0 Å². The SMILES string of the molecule is O.OC(CSc1ccccn1)CN1CCN(C(c2ccc(F)cc2)c2ccc(F)cc2)CC1.OC(CSc1ccccn1)CN1CCN(C(c2ccc(F)cc2)c2ccc(F)cc2)CC1. The second-order valence-electron chi connectivity index (χ2n) is 16.0. The highest BCUT2D eigenvalue weighted by atomic mass is 32.2. The largest absolute Gasteiger partial charge is 0.412 e. The van der Waals surface area contributed by atoms with Crippen molar-refractivity contribution >= 4 is 23.5 Å². The molecule has 0 bridgehead atoms. The molecule has 0 spiro atoms. The van der Waals surface area contributed by atoms with E-state index in [1.165, 1.54) is 48.5 Å². The lowest BCUT2D eigenvalue weighted by Crippen LogP contribution is -2.50. The Morgan fingerprint density at radius 3 is 0.985 bits per heavy atom. The highest BCUT2D eigenvalue weighted by molar-refractivity contribution is 7.99. The summed E-state index contributed by atoms with van der Waals surface area (Å²) < 4.78 is 54.0. The summed E-state index contributed by atoms with van der Waals surface area (Å²) in [6.07, 6.45) is 2.65. The standard InChI is InChI=1S/2C25H27F2N3OS.H2O/c2*26-21-8-4-19(5-9-21)25(20-6-10-22(27)11-7-20)30-15-13-29(14-16-30)17-23(31)18-32-24-3-1-2-12-28-24;/h2*1-12,23,25,31H,13-18H2;1H2. The quantitative estimate of drug-likeness (QED) is 0.0744. The monoisotopic (exact) mass is 928 g/mol. The normalized spacial score (nSPS) is 16.1. The van der Waals surface area contributed by atoms with Gasteiger partial charge in [-0.1, -0.05) is 60.7 Å². The summed E-state index contributed by atoms with van der Waals surface area (Å²) in [4.78, 5) is 17.8. The Hall–Kier alpha value is -4.68. The molecular weight excluding hydrogens is 873 g/mol. The van der Waals surface area contributed by atoms with Crippen molar-refractivity contribution in [2.24, 2.45) is 0 Å². The summed E-state index contributed by atoms with van der Waals surface area (Å²) in [6.45, 7) is 7.75. The van der Waals surface area contributed by atoms with Gasteiger partial charge in [0.1, 0.15) is 23.3 Å². The van der Waals surface area contributed by atoms with E-state index in [0.29, 0.717) is 24.6 Å². The van der Waals surface area contributed by atoms with Gasteiger partial charge >= 0.3 is 0 Å². The highest BCUT2D eigenvalue weighted by Crippen LogP contribution is 2.32. The minimum atomic E-state index is -0.432. The fourth-order valence-corrected chi connectivity index (χ4v) is 9.70. The van der Waals surface area contributed by atoms with E-state index in [-0.39, 0.29) is 40.8 Å². The smallest absolute Gasteiger partial charge is 0.123 e. The zero-order chi connectivity index (χ0) is 44.7. The molecule has 4 N–H and O–H groups in total. The Kier molecular flexibility index (Phi) is 19.4. The topological polar surface area (TPSA) is 111 Å². The molecule has 8 rings (SSSR count). The first-order valence-corrected chi connectivity index (χ1v) is 23.5. The minimum Gasteiger partial charge on any atom is -0.412 e. The molecule has 2 atom stereocenters. The molecule has 6 aromatic rings. The third-order valence-electron chi connectivity index (χ3n) is 11.3. The number of aromatic nitrogens is 2. The molecule has 0 amide bonds. The minimum absolute atomic E-state index is 0. The summed E-state index contributed by atoms with van der Waals surface area (Å²) in [5.41, 5.74) is 3.94. The molecule has 0 aliphatic carbocycles. The fraction of sp³-hybridized carbons (Fsp3) is 0.320. The van der Waals surface area contributed by atoms with E-state index >= 15 is 0 Å². The van der Waals surface area contributed by atoms with Crippen LogP contribution in [0.25, 0.3) is 0 Å². The van der Waals surface area contributed by atoms with E-state index < -0.39 is 12.2 Å². The number of piperazine rings is 2. The molecule has 15 heteroatoms. The maximum atomic E-state index is 13.5. The summed E-state index contributed by atoms with van der Waals surface area (Å²) in [5, 5.41) is 22.8. The van der Waals surface area contributed by atoms with Crippen molar-refractivity contribution in [2.75, 3.05) is 77.0 Å². The number of aliphatic hydroxyl groups is 2. The molecule has 2 aliphatic rings. The van der Waals surface area contributed by atoms with Gasteiger partial charge in [0, 0.05) is 89.3 Å². The number of benzene rings is 4. The van der Waals surface area contributed by atoms with Crippen molar-refractivity contribution in [3.05, 3.63) is 191 Å². The van der Waals surface area contributed by atoms with Crippen LogP contribution in [-0.2, 0) is 0 Å². The summed E-state index contributed by atoms with van der Waals surface area (Å²) in [5.74, 6) is 0.127. The number of hydrogen-bond acceptors (Lipinski definition) is 10. The van der Waals surface area contributed by atoms with Crippen LogP contribution in [0.1, 0.15) is 34.3 Å². The van der Waals surface area contributed by atoms with E-state index in [0.717, 1.165) is 84.7 Å². The lowest BCUT2D eigenvalue weighted by Gasteiger charge is -2.40. The van der Waals surface area contributed by atoms with Crippen LogP contribution in [0.4, 0.5) is 17.6 Å². The second kappa shape index (κ2) is 25.3. The number of nitrogens with zero attached hydrogens (tertiary/aromatic N) is 6. The van der Waals surface area contributed by atoms with Gasteiger partial charge in [-0.05, 0) is 95.1 Å². The van der Waals surface area contributed by atoms with Crippen LogP contribution in [0.5, 0.6) is 0 Å². The predicted octanol–water partition coefficient (Wildman–Crippen LogP) is 7.62. The molecule has 4 aromatic carbocycles. The van der Waals surface area contributed by atoms with E-state index in [1.807, 2.05) is 36.4 Å². The summed E-state index contributed by atoms with van der Waals surface area (Å²) in [7, 11) is 0. The number of rotatable bonds is 16. The Bertz CT molecular complexity index is 2010. The van der Waals surface area contributed by atoms with Crippen LogP contribution in [0.15, 0.2) is 156 Å². The lowest BCUT2D eigenvalue weighted by atomic mass is 9.96. The zero-order valence-corrected chi connectivity index (χ0v) is 37.7. The number of thioether (sulfide) groups is 2. The Labute approximate surface area is 387 Å². The Morgan fingerprint density at radius 1 is 0.431 bits per heavy atom. The first-order valence-electron chi connectivity index (χ1n) is 21.6. The lowest BCUT2D eigenvalue weighted by molar-refractivity contribution is 0.0706. The predicted molar refractivity (Wildman–Crippen MR) is 251 cm³/mol. The number of halogens is 4. The number of aliphatic hydroxyl groups excluding tert-OH is 2. The molecule has 2 saturated heterocycles. The van der Waals surface area contributed by atoms with Crippen LogP contribution in [0.2, 0.25) is 0 Å². The molecular formula is C50H56F4N6O3S2. The average Bonchev–Trinajstić information content (AvgIpc) is 3.32. The first-order chi connectivity index (χ1) is 31.2. The first kappa shape index (κ1) is 49.7. The van der Waals surface area contributed by atoms with Gasteiger partial charge in [0.15, 0.2) is 0 Å². The van der Waals surface area contributed by atoms with Crippen LogP contribution in [-0.4, -0.2) is 134 Å². The van der Waals surface area contributed by atoms with Gasteiger partial charge in [0.2, 0.25) is 0 Å². The molecule has 65 heavy (non-hydrogen) atoms. The zero-order valence-electron chi connectivity index (χ0n) is 36.1. The van der Waals surface area contributed by atoms with E-state index in [4.69, 9.17) is 0 Å². The van der Waals surface area contributed by atoms with Crippen molar-refractivity contribution < 1.29 is 33.3 Å². The fourth-order valence-electron chi connectivity index (χ4n) is 8.15. The van der Waals surface area contributed by atoms with E-state index in [1.54, 1.807) is 84.4 Å². The maximum absolute atomic E-state index is 13.5. The van der Waals surface area contributed by atoms with Crippen LogP contribution in [0, 0.1) is 23.3 Å². The number of pyridine rings is 2. The van der Waals surface area contributed by atoms with Crippen molar-refractivity contribution in [1.82, 2.24) is 29.6 Å². The van der Waals surface area contributed by atoms with E-state index in [2.05, 4.69) is 29.6 Å². The molecule has 0 radical (unpaired) electrons. The van der Waals surface area contributed by atoms with Gasteiger partial charge in [0.05, 0.1) is 34.3 Å². The Balaban J connectivity index is 0.000000212. The van der Waals surface area contributed by atoms with E-state index in [9.17, 15) is 27.8 Å². The second-order valence-corrected chi connectivity index (χ2v) is 18.0. The molecule has 0 saturated carbocycles. The third kappa shape index (κ3) is 15.2. The van der Waals surface area contributed by atoms with Gasteiger partial charge in [-0.25, -0.2) is 27.5 Å². The Morgan fingerprint density at radius 2 is 0.723 bits per heavy atom. The van der Waals surface area contributed by atoms with Gasteiger partial charge in [-0.3, -0.25) is 19.6 Å². The van der Waals surface area contributed by atoms with Crippen molar-refractivity contribution in [3.8, 4) is 0 Å². The molecule has 9 nitrogen and oxygen atoms in total. The number of β-amino-alcohol motifs (C(OH)–C–C–N with tert-alkyl or cyclic N) is 2. The summed E-state index contributed by atoms with van der Waals surface area (Å²) in [6, 6.07) is 37.6. The molecule has 344 valence electrons. The molecule has 2 unspecified atom stereocenters. The molecule has 4 heterocycles. The molecule has 2 aromatic heterocycles. The molecule has 2 fully saturated rings. The van der Waals surface area contributed by atoms with Crippen LogP contribution >= 0.6 is 23.5 Å². The van der Waals surface area contributed by atoms with Crippen molar-refractivity contribution in [3.63, 3.8) is 0 Å². The average molecular weight is 929 g/mol. The van der Waals surface area contributed by atoms with Crippen molar-refractivity contribution in [2.45, 2.75) is 34.3 Å². The maximum Gasteiger partial charge on any atom is 0.123 e. The van der Waals surface area contributed by atoms with Gasteiger partial charge in [-0.15, -0.1) is 23.5 Å². The van der Waals surface area contributed by atoms with Crippen molar-refractivity contribution in [1.29, 1.82) is 0 Å². The highest BCUT2D eigenvalue weighted by Gasteiger charge is 2.29. The number of hydrogen-bond donors (Lipinski definition) is 2. The van der Waals surface area contributed by atoms with Gasteiger partial charge in [-0.2, -0.15) is 0 Å². The van der Waals surface area contributed by atoms with Crippen LogP contribution < -0.4 is 0 Å². The summed E-state index contributed by atoms with van der Waals surface area (Å²) >= 11 is 3.12. The third-order valence-corrected chi connectivity index (χ3v) is 13.5. The molecule has 2 aliphatic heterocycles. The van der Waals surface area contributed by atoms with Gasteiger partial charge < -0.3 is 15.7 Å². The van der Waals surface area contributed by atoms with Crippen LogP contribution in [0.3, 0.4) is 0 Å².